The maximum absolute atomic E-state index is 12.3. The van der Waals surface area contributed by atoms with Gasteiger partial charge in [0.25, 0.3) is 5.91 Å². The van der Waals surface area contributed by atoms with Gasteiger partial charge in [-0.25, -0.2) is 4.98 Å². The van der Waals surface area contributed by atoms with Crippen molar-refractivity contribution in [2.75, 3.05) is 6.61 Å². The van der Waals surface area contributed by atoms with Crippen LogP contribution >= 0.6 is 11.3 Å². The van der Waals surface area contributed by atoms with Gasteiger partial charge >= 0.3 is 0 Å². The Morgan fingerprint density at radius 3 is 2.72 bits per heavy atom. The molecule has 1 aliphatic rings. The van der Waals surface area contributed by atoms with Crippen LogP contribution in [-0.2, 0) is 11.3 Å². The number of hydrogen-bond acceptors (Lipinski definition) is 5. The standard InChI is InChI=1S/C19H16N2O3S/c22-18(17-11-23-15-8-4-5-9-16(15)24-17)20-10-14-12-25-19(21-14)13-6-2-1-3-7-13/h1-9,12,17H,10-11H2,(H,20,22). The number of amides is 1. The van der Waals surface area contributed by atoms with Crippen LogP contribution in [0.15, 0.2) is 60.0 Å². The monoisotopic (exact) mass is 352 g/mol. The number of hydrogen-bond donors (Lipinski definition) is 1. The first kappa shape index (κ1) is 15.7. The number of carbonyl (C=O) groups excluding carboxylic acids is 1. The Kier molecular flexibility index (Phi) is 4.35. The largest absolute Gasteiger partial charge is 0.485 e. The zero-order chi connectivity index (χ0) is 17.1. The van der Waals surface area contributed by atoms with Crippen molar-refractivity contribution < 1.29 is 14.3 Å². The number of carbonyl (C=O) groups is 1. The van der Waals surface area contributed by atoms with Crippen molar-refractivity contribution >= 4 is 17.2 Å². The molecule has 2 heterocycles. The third-order valence-corrected chi connectivity index (χ3v) is 4.76. The van der Waals surface area contributed by atoms with Crippen LogP contribution < -0.4 is 14.8 Å². The van der Waals surface area contributed by atoms with Crippen LogP contribution in [0.4, 0.5) is 0 Å². The Morgan fingerprint density at radius 2 is 1.88 bits per heavy atom. The van der Waals surface area contributed by atoms with Gasteiger partial charge in [0.2, 0.25) is 6.10 Å². The minimum Gasteiger partial charge on any atom is -0.485 e. The fourth-order valence-corrected chi connectivity index (χ4v) is 3.37. The molecule has 0 radical (unpaired) electrons. The molecular formula is C19H16N2O3S. The van der Waals surface area contributed by atoms with E-state index in [2.05, 4.69) is 10.3 Å². The molecule has 0 fully saturated rings. The summed E-state index contributed by atoms with van der Waals surface area (Å²) >= 11 is 1.56. The van der Waals surface area contributed by atoms with E-state index in [1.807, 2.05) is 53.9 Å². The number of thiazole rings is 1. The zero-order valence-corrected chi connectivity index (χ0v) is 14.2. The number of rotatable bonds is 4. The first-order valence-corrected chi connectivity index (χ1v) is 8.83. The third kappa shape index (κ3) is 3.49. The molecule has 0 aliphatic carbocycles. The van der Waals surface area contributed by atoms with Crippen LogP contribution in [0.2, 0.25) is 0 Å². The molecule has 0 bridgehead atoms. The number of nitrogens with one attached hydrogen (secondary N) is 1. The minimum absolute atomic E-state index is 0.204. The molecule has 25 heavy (non-hydrogen) atoms. The maximum atomic E-state index is 12.3. The van der Waals surface area contributed by atoms with Gasteiger partial charge in [0.1, 0.15) is 11.6 Å². The number of benzene rings is 2. The molecule has 1 aromatic heterocycles. The van der Waals surface area contributed by atoms with Crippen molar-refractivity contribution in [3.05, 3.63) is 65.7 Å². The van der Waals surface area contributed by atoms with E-state index in [1.54, 1.807) is 17.4 Å². The van der Waals surface area contributed by atoms with Crippen LogP contribution in [0.25, 0.3) is 10.6 Å². The third-order valence-electron chi connectivity index (χ3n) is 3.82. The van der Waals surface area contributed by atoms with Crippen molar-refractivity contribution in [2.24, 2.45) is 0 Å². The molecule has 0 spiro atoms. The summed E-state index contributed by atoms with van der Waals surface area (Å²) in [5.41, 5.74) is 1.90. The Morgan fingerprint density at radius 1 is 1.12 bits per heavy atom. The van der Waals surface area contributed by atoms with Gasteiger partial charge in [-0.1, -0.05) is 42.5 Å². The SMILES string of the molecule is O=C(NCc1csc(-c2ccccc2)n1)C1COc2ccccc2O1. The van der Waals surface area contributed by atoms with E-state index in [1.165, 1.54) is 0 Å². The average molecular weight is 352 g/mol. The summed E-state index contributed by atoms with van der Waals surface area (Å²) in [4.78, 5) is 16.9. The maximum Gasteiger partial charge on any atom is 0.265 e. The number of para-hydroxylation sites is 2. The van der Waals surface area contributed by atoms with Crippen molar-refractivity contribution in [1.82, 2.24) is 10.3 Å². The van der Waals surface area contributed by atoms with Crippen LogP contribution in [0.3, 0.4) is 0 Å². The Labute approximate surface area is 149 Å². The van der Waals surface area contributed by atoms with Gasteiger partial charge in [0.15, 0.2) is 11.5 Å². The first-order chi connectivity index (χ1) is 12.3. The van der Waals surface area contributed by atoms with E-state index in [-0.39, 0.29) is 12.5 Å². The number of nitrogens with zero attached hydrogens (tertiary/aromatic N) is 1. The summed E-state index contributed by atoms with van der Waals surface area (Å²) in [5, 5.41) is 5.76. The molecule has 0 saturated heterocycles. The highest BCUT2D eigenvalue weighted by Gasteiger charge is 2.27. The van der Waals surface area contributed by atoms with E-state index in [4.69, 9.17) is 9.47 Å². The van der Waals surface area contributed by atoms with Crippen LogP contribution in [0.1, 0.15) is 5.69 Å². The minimum atomic E-state index is -0.651. The molecule has 1 N–H and O–H groups in total. The van der Waals surface area contributed by atoms with Crippen LogP contribution in [-0.4, -0.2) is 23.6 Å². The summed E-state index contributed by atoms with van der Waals surface area (Å²) in [7, 11) is 0. The molecule has 5 nitrogen and oxygen atoms in total. The molecule has 1 atom stereocenters. The van der Waals surface area contributed by atoms with Gasteiger partial charge in [0.05, 0.1) is 12.2 Å². The van der Waals surface area contributed by atoms with E-state index in [9.17, 15) is 4.79 Å². The van der Waals surface area contributed by atoms with E-state index in [0.29, 0.717) is 18.0 Å². The van der Waals surface area contributed by atoms with Crippen molar-refractivity contribution in [2.45, 2.75) is 12.6 Å². The summed E-state index contributed by atoms with van der Waals surface area (Å²) in [5.74, 6) is 1.05. The summed E-state index contributed by atoms with van der Waals surface area (Å²) in [6, 6.07) is 17.3. The Balaban J connectivity index is 1.36. The second kappa shape index (κ2) is 6.94. The average Bonchev–Trinajstić information content (AvgIpc) is 3.15. The van der Waals surface area contributed by atoms with Crippen molar-refractivity contribution in [3.8, 4) is 22.1 Å². The van der Waals surface area contributed by atoms with Gasteiger partial charge in [-0.05, 0) is 12.1 Å². The predicted octanol–water partition coefficient (Wildman–Crippen LogP) is 3.27. The molecule has 4 rings (SSSR count). The van der Waals surface area contributed by atoms with Gasteiger partial charge in [-0.3, -0.25) is 4.79 Å². The molecule has 1 amide bonds. The topological polar surface area (TPSA) is 60.5 Å². The van der Waals surface area contributed by atoms with E-state index >= 15 is 0 Å². The van der Waals surface area contributed by atoms with Crippen LogP contribution in [0.5, 0.6) is 11.5 Å². The van der Waals surface area contributed by atoms with E-state index in [0.717, 1.165) is 16.3 Å². The lowest BCUT2D eigenvalue weighted by Gasteiger charge is -2.25. The molecular weight excluding hydrogens is 336 g/mol. The molecule has 1 unspecified atom stereocenters. The number of aromatic nitrogens is 1. The lowest BCUT2D eigenvalue weighted by atomic mass is 10.2. The van der Waals surface area contributed by atoms with Gasteiger partial charge < -0.3 is 14.8 Å². The Bertz CT molecular complexity index is 879. The van der Waals surface area contributed by atoms with Gasteiger partial charge in [0, 0.05) is 10.9 Å². The predicted molar refractivity (Wildman–Crippen MR) is 95.7 cm³/mol. The normalized spacial score (nSPS) is 15.6. The Hall–Kier alpha value is -2.86. The molecule has 6 heteroatoms. The highest BCUT2D eigenvalue weighted by molar-refractivity contribution is 7.13. The van der Waals surface area contributed by atoms with Gasteiger partial charge in [-0.15, -0.1) is 11.3 Å². The fraction of sp³-hybridized carbons (Fsp3) is 0.158. The molecule has 126 valence electrons. The lowest BCUT2D eigenvalue weighted by Crippen LogP contribution is -2.43. The lowest BCUT2D eigenvalue weighted by molar-refractivity contribution is -0.130. The molecule has 3 aromatic rings. The van der Waals surface area contributed by atoms with Crippen molar-refractivity contribution in [3.63, 3.8) is 0 Å². The highest BCUT2D eigenvalue weighted by Crippen LogP contribution is 2.31. The van der Waals surface area contributed by atoms with Gasteiger partial charge in [-0.2, -0.15) is 0 Å². The highest BCUT2D eigenvalue weighted by atomic mass is 32.1. The number of ether oxygens (including phenoxy) is 2. The zero-order valence-electron chi connectivity index (χ0n) is 13.3. The summed E-state index contributed by atoms with van der Waals surface area (Å²) in [6.07, 6.45) is -0.651. The van der Waals surface area contributed by atoms with Crippen molar-refractivity contribution in [1.29, 1.82) is 0 Å². The molecule has 1 aliphatic heterocycles. The fourth-order valence-electron chi connectivity index (χ4n) is 2.54. The smallest absolute Gasteiger partial charge is 0.265 e. The summed E-state index contributed by atoms with van der Waals surface area (Å²) in [6.45, 7) is 0.568. The van der Waals surface area contributed by atoms with E-state index < -0.39 is 6.10 Å². The molecule has 2 aromatic carbocycles. The number of fused-ring (bicyclic) bond motifs is 1. The second-order valence-electron chi connectivity index (χ2n) is 5.59. The van der Waals surface area contributed by atoms with Crippen LogP contribution in [0, 0.1) is 0 Å². The second-order valence-corrected chi connectivity index (χ2v) is 6.45. The quantitative estimate of drug-likeness (QED) is 0.783. The summed E-state index contributed by atoms with van der Waals surface area (Å²) < 4.78 is 11.3. The first-order valence-electron chi connectivity index (χ1n) is 7.95. The molecule has 0 saturated carbocycles.